The molecule has 0 radical (unpaired) electrons. The molecule has 3 heteroatoms. The lowest BCUT2D eigenvalue weighted by molar-refractivity contribution is -0.140. The molecule has 0 unspecified atom stereocenters. The quantitative estimate of drug-likeness (QED) is 0.500. The van der Waals surface area contributed by atoms with Gasteiger partial charge >= 0.3 is 5.97 Å². The van der Waals surface area contributed by atoms with Crippen LogP contribution in [0.4, 0.5) is 0 Å². The molecule has 2 aromatic rings. The average Bonchev–Trinajstić information content (AvgIpc) is 3.26. The molecule has 0 heterocycles. The van der Waals surface area contributed by atoms with Crippen LogP contribution >= 0.6 is 0 Å². The van der Waals surface area contributed by atoms with Gasteiger partial charge in [-0.3, -0.25) is 4.79 Å². The van der Waals surface area contributed by atoms with Crippen LogP contribution < -0.4 is 4.74 Å². The van der Waals surface area contributed by atoms with Gasteiger partial charge in [0.1, 0.15) is 12.4 Å². The number of rotatable bonds is 8. The van der Waals surface area contributed by atoms with Gasteiger partial charge in [0, 0.05) is 6.42 Å². The van der Waals surface area contributed by atoms with Gasteiger partial charge in [0.05, 0.1) is 7.11 Å². The van der Waals surface area contributed by atoms with Gasteiger partial charge in [-0.1, -0.05) is 30.3 Å². The molecule has 0 N–H and O–H groups in total. The average molecular weight is 405 g/mol. The number of esters is 1. The van der Waals surface area contributed by atoms with Crippen molar-refractivity contribution in [1.29, 1.82) is 0 Å². The van der Waals surface area contributed by atoms with E-state index in [1.165, 1.54) is 61.5 Å². The summed E-state index contributed by atoms with van der Waals surface area (Å²) in [4.78, 5) is 11.2. The molecule has 4 rings (SSSR count). The van der Waals surface area contributed by atoms with E-state index in [0.29, 0.717) is 13.0 Å². The molecule has 3 nitrogen and oxygen atoms in total. The summed E-state index contributed by atoms with van der Waals surface area (Å²) in [6, 6.07) is 15.4. The Morgan fingerprint density at radius 3 is 2.53 bits per heavy atom. The molecule has 0 bridgehead atoms. The highest BCUT2D eigenvalue weighted by Crippen LogP contribution is 2.35. The van der Waals surface area contributed by atoms with E-state index in [9.17, 15) is 4.79 Å². The summed E-state index contributed by atoms with van der Waals surface area (Å²) in [7, 11) is 1.44. The van der Waals surface area contributed by atoms with Gasteiger partial charge in [0.25, 0.3) is 0 Å². The lowest BCUT2D eigenvalue weighted by atomic mass is 9.86. The third-order valence-corrected chi connectivity index (χ3v) is 6.44. The first kappa shape index (κ1) is 20.7. The molecule has 0 atom stereocenters. The second-order valence-electron chi connectivity index (χ2n) is 8.49. The van der Waals surface area contributed by atoms with Crippen molar-refractivity contribution in [3.63, 3.8) is 0 Å². The van der Waals surface area contributed by atoms with Crippen molar-refractivity contribution in [2.45, 2.75) is 64.2 Å². The molecule has 0 amide bonds. The lowest BCUT2D eigenvalue weighted by Gasteiger charge is -2.22. The third-order valence-electron chi connectivity index (χ3n) is 6.44. The Bertz CT molecular complexity index is 908. The van der Waals surface area contributed by atoms with Crippen molar-refractivity contribution in [2.24, 2.45) is 0 Å². The van der Waals surface area contributed by atoms with E-state index in [4.69, 9.17) is 9.47 Å². The van der Waals surface area contributed by atoms with Crippen LogP contribution in [0.1, 0.15) is 67.2 Å². The highest BCUT2D eigenvalue weighted by molar-refractivity contribution is 5.71. The van der Waals surface area contributed by atoms with Crippen LogP contribution in [0, 0.1) is 0 Å². The Kier molecular flexibility index (Phi) is 6.88. The zero-order valence-electron chi connectivity index (χ0n) is 18.0. The first-order valence-corrected chi connectivity index (χ1v) is 11.3. The Labute approximate surface area is 180 Å². The predicted molar refractivity (Wildman–Crippen MR) is 121 cm³/mol. The van der Waals surface area contributed by atoms with Crippen LogP contribution in [-0.2, 0) is 28.8 Å². The summed E-state index contributed by atoms with van der Waals surface area (Å²) in [5.41, 5.74) is 8.70. The van der Waals surface area contributed by atoms with Gasteiger partial charge in [-0.2, -0.15) is 0 Å². The molecule has 0 aromatic heterocycles. The second-order valence-corrected chi connectivity index (χ2v) is 8.49. The molecule has 2 aliphatic rings. The Balaban J connectivity index is 1.38. The number of carbonyl (C=O) groups is 1. The Morgan fingerprint density at radius 1 is 0.900 bits per heavy atom. The summed E-state index contributed by atoms with van der Waals surface area (Å²) in [6.45, 7) is 0.675. The van der Waals surface area contributed by atoms with Crippen molar-refractivity contribution >= 4 is 11.5 Å². The van der Waals surface area contributed by atoms with E-state index in [1.807, 2.05) is 12.1 Å². The van der Waals surface area contributed by atoms with E-state index in [2.05, 4.69) is 30.3 Å². The predicted octanol–water partition coefficient (Wildman–Crippen LogP) is 6.08. The molecule has 30 heavy (non-hydrogen) atoms. The molecule has 0 aliphatic heterocycles. The van der Waals surface area contributed by atoms with Crippen molar-refractivity contribution < 1.29 is 14.3 Å². The zero-order chi connectivity index (χ0) is 20.8. The van der Waals surface area contributed by atoms with Crippen molar-refractivity contribution in [3.8, 4) is 5.75 Å². The number of benzene rings is 2. The van der Waals surface area contributed by atoms with Gasteiger partial charge in [0.2, 0.25) is 0 Å². The molecular weight excluding hydrogens is 372 g/mol. The van der Waals surface area contributed by atoms with Crippen molar-refractivity contribution in [2.75, 3.05) is 13.7 Å². The largest absolute Gasteiger partial charge is 0.489 e. The number of hydrogen-bond donors (Lipinski definition) is 0. The number of fused-ring (bicyclic) bond motifs is 1. The van der Waals surface area contributed by atoms with E-state index >= 15 is 0 Å². The van der Waals surface area contributed by atoms with E-state index < -0.39 is 0 Å². The lowest BCUT2D eigenvalue weighted by Crippen LogP contribution is -2.08. The molecule has 0 saturated carbocycles. The molecular formula is C27H32O3. The van der Waals surface area contributed by atoms with Gasteiger partial charge < -0.3 is 9.47 Å². The normalized spacial score (nSPS) is 15.8. The number of methoxy groups -OCH3 is 1. The monoisotopic (exact) mass is 404 g/mol. The molecule has 2 aliphatic carbocycles. The van der Waals surface area contributed by atoms with Gasteiger partial charge in [-0.25, -0.2) is 0 Å². The van der Waals surface area contributed by atoms with Crippen molar-refractivity contribution in [1.82, 2.24) is 0 Å². The number of allylic oxidation sites excluding steroid dienone is 1. The fourth-order valence-corrected chi connectivity index (χ4v) is 4.70. The van der Waals surface area contributed by atoms with Crippen LogP contribution in [0.15, 0.2) is 48.0 Å². The number of aryl methyl sites for hydroxylation is 3. The van der Waals surface area contributed by atoms with Crippen LogP contribution in [-0.4, -0.2) is 19.7 Å². The standard InChI is InChI=1S/C27H32O3/c1-29-27(28)11-4-6-20-12-16-25(17-13-20)30-19-24-7-2-3-10-26(24)23-15-14-21-8-5-9-22(21)18-23/h12-18H,2-11,19H2,1H3. The van der Waals surface area contributed by atoms with E-state index in [0.717, 1.165) is 31.4 Å². The fraction of sp³-hybridized carbons (Fsp3) is 0.444. The molecule has 0 fully saturated rings. The molecule has 0 saturated heterocycles. The maximum Gasteiger partial charge on any atom is 0.305 e. The number of hydrogen-bond acceptors (Lipinski definition) is 3. The first-order valence-electron chi connectivity index (χ1n) is 11.3. The van der Waals surface area contributed by atoms with Crippen LogP contribution in [0.2, 0.25) is 0 Å². The first-order chi connectivity index (χ1) is 14.7. The highest BCUT2D eigenvalue weighted by atomic mass is 16.5. The number of ether oxygens (including phenoxy) is 2. The summed E-state index contributed by atoms with van der Waals surface area (Å²) < 4.78 is 10.9. The molecule has 2 aromatic carbocycles. The minimum atomic E-state index is -0.144. The van der Waals surface area contributed by atoms with E-state index in [-0.39, 0.29) is 5.97 Å². The smallest absolute Gasteiger partial charge is 0.305 e. The summed E-state index contributed by atoms with van der Waals surface area (Å²) in [5.74, 6) is 0.771. The SMILES string of the molecule is COC(=O)CCCc1ccc(OCC2=C(c3ccc4c(c3)CCC4)CCCC2)cc1. The zero-order valence-corrected chi connectivity index (χ0v) is 18.0. The van der Waals surface area contributed by atoms with Gasteiger partial charge in [-0.05, 0) is 103 Å². The van der Waals surface area contributed by atoms with Gasteiger partial charge in [0.15, 0.2) is 0 Å². The summed E-state index contributed by atoms with van der Waals surface area (Å²) >= 11 is 0. The molecule has 158 valence electrons. The van der Waals surface area contributed by atoms with Gasteiger partial charge in [-0.15, -0.1) is 0 Å². The maximum absolute atomic E-state index is 11.2. The summed E-state index contributed by atoms with van der Waals surface area (Å²) in [6.07, 6.45) is 10.8. The fourth-order valence-electron chi connectivity index (χ4n) is 4.70. The number of carbonyl (C=O) groups excluding carboxylic acids is 1. The van der Waals surface area contributed by atoms with Crippen LogP contribution in [0.3, 0.4) is 0 Å². The Morgan fingerprint density at radius 2 is 1.70 bits per heavy atom. The highest BCUT2D eigenvalue weighted by Gasteiger charge is 2.18. The minimum Gasteiger partial charge on any atom is -0.489 e. The van der Waals surface area contributed by atoms with Crippen LogP contribution in [0.5, 0.6) is 5.75 Å². The van der Waals surface area contributed by atoms with Crippen molar-refractivity contribution in [3.05, 3.63) is 70.3 Å². The minimum absolute atomic E-state index is 0.144. The Hall–Kier alpha value is -2.55. The van der Waals surface area contributed by atoms with Crippen LogP contribution in [0.25, 0.3) is 5.57 Å². The third kappa shape index (κ3) is 5.13. The topological polar surface area (TPSA) is 35.5 Å². The maximum atomic E-state index is 11.2. The molecule has 0 spiro atoms. The second kappa shape index (κ2) is 9.97. The summed E-state index contributed by atoms with van der Waals surface area (Å²) in [5, 5.41) is 0. The van der Waals surface area contributed by atoms with E-state index in [1.54, 1.807) is 11.1 Å².